The number of anilines is 1. The number of nitrogens with zero attached hydrogens (tertiary/aromatic N) is 2. The van der Waals surface area contributed by atoms with Crippen molar-refractivity contribution < 1.29 is 13.2 Å². The third kappa shape index (κ3) is 5.24. The lowest BCUT2D eigenvalue weighted by Gasteiger charge is -2.24. The van der Waals surface area contributed by atoms with Gasteiger partial charge >= 0.3 is 0 Å². The maximum absolute atomic E-state index is 12.3. The minimum Gasteiger partial charge on any atom is -0.352 e. The van der Waals surface area contributed by atoms with Gasteiger partial charge in [-0.15, -0.1) is 0 Å². The fourth-order valence-electron chi connectivity index (χ4n) is 2.93. The second-order valence-electron chi connectivity index (χ2n) is 6.18. The zero-order chi connectivity index (χ0) is 17.6. The van der Waals surface area contributed by atoms with Crippen LogP contribution in [0.4, 0.5) is 5.69 Å². The molecule has 2 rings (SSSR count). The van der Waals surface area contributed by atoms with E-state index in [9.17, 15) is 13.2 Å². The van der Waals surface area contributed by atoms with Crippen molar-refractivity contribution in [2.75, 3.05) is 17.1 Å². The molecule has 1 N–H and O–H groups in total. The number of amides is 1. The molecular formula is C17H23N3O3S. The standard InChI is InChI=1S/C17H23N3O3S/c1-24(22,23)20(16-10-8-14(12-18)9-11-16)13-17(21)19-15-6-4-2-3-5-7-15/h8-11,15H,2-7,13H2,1H3,(H,19,21). The van der Waals surface area contributed by atoms with E-state index in [0.717, 1.165) is 36.2 Å². The van der Waals surface area contributed by atoms with Gasteiger partial charge in [-0.3, -0.25) is 9.10 Å². The van der Waals surface area contributed by atoms with E-state index in [2.05, 4.69) is 5.32 Å². The summed E-state index contributed by atoms with van der Waals surface area (Å²) in [5.41, 5.74) is 0.822. The molecular weight excluding hydrogens is 326 g/mol. The quantitative estimate of drug-likeness (QED) is 0.825. The number of carbonyl (C=O) groups is 1. The van der Waals surface area contributed by atoms with Crippen LogP contribution in [0.1, 0.15) is 44.1 Å². The van der Waals surface area contributed by atoms with Crippen LogP contribution in [0.5, 0.6) is 0 Å². The average molecular weight is 349 g/mol. The molecule has 0 aromatic heterocycles. The first-order chi connectivity index (χ1) is 11.4. The summed E-state index contributed by atoms with van der Waals surface area (Å²) in [6.45, 7) is -0.249. The van der Waals surface area contributed by atoms with E-state index in [4.69, 9.17) is 5.26 Å². The van der Waals surface area contributed by atoms with Gasteiger partial charge in [0.1, 0.15) is 6.54 Å². The molecule has 1 aliphatic rings. The van der Waals surface area contributed by atoms with Crippen molar-refractivity contribution >= 4 is 21.6 Å². The maximum Gasteiger partial charge on any atom is 0.240 e. The molecule has 1 aromatic rings. The summed E-state index contributed by atoms with van der Waals surface area (Å²) in [4.78, 5) is 12.3. The number of hydrogen-bond acceptors (Lipinski definition) is 4. The molecule has 1 aliphatic carbocycles. The Morgan fingerprint density at radius 2 is 1.79 bits per heavy atom. The van der Waals surface area contributed by atoms with Gasteiger partial charge in [-0.1, -0.05) is 25.7 Å². The molecule has 7 heteroatoms. The first-order valence-corrected chi connectivity index (χ1v) is 10.0. The zero-order valence-electron chi connectivity index (χ0n) is 13.9. The van der Waals surface area contributed by atoms with E-state index >= 15 is 0 Å². The van der Waals surface area contributed by atoms with Gasteiger partial charge in [0.05, 0.1) is 23.6 Å². The van der Waals surface area contributed by atoms with Crippen molar-refractivity contribution in [1.29, 1.82) is 5.26 Å². The molecule has 1 fully saturated rings. The van der Waals surface area contributed by atoms with Crippen LogP contribution in [-0.2, 0) is 14.8 Å². The van der Waals surface area contributed by atoms with Gasteiger partial charge in [0, 0.05) is 6.04 Å². The number of nitrogens with one attached hydrogen (secondary N) is 1. The molecule has 1 aromatic carbocycles. The molecule has 6 nitrogen and oxygen atoms in total. The first-order valence-electron chi connectivity index (χ1n) is 8.17. The Bertz CT molecular complexity index is 700. The highest BCUT2D eigenvalue weighted by molar-refractivity contribution is 7.92. The monoisotopic (exact) mass is 349 g/mol. The number of nitriles is 1. The van der Waals surface area contributed by atoms with Crippen molar-refractivity contribution in [2.24, 2.45) is 0 Å². The highest BCUT2D eigenvalue weighted by Crippen LogP contribution is 2.19. The van der Waals surface area contributed by atoms with Gasteiger partial charge in [-0.2, -0.15) is 5.26 Å². The summed E-state index contributed by atoms with van der Waals surface area (Å²) < 4.78 is 25.2. The van der Waals surface area contributed by atoms with Crippen LogP contribution in [0.2, 0.25) is 0 Å². The summed E-state index contributed by atoms with van der Waals surface area (Å²) in [5, 5.41) is 11.8. The molecule has 130 valence electrons. The van der Waals surface area contributed by atoms with Crippen molar-refractivity contribution in [3.05, 3.63) is 29.8 Å². The van der Waals surface area contributed by atoms with Crippen LogP contribution in [0.15, 0.2) is 24.3 Å². The predicted molar refractivity (Wildman–Crippen MR) is 93.0 cm³/mol. The SMILES string of the molecule is CS(=O)(=O)N(CC(=O)NC1CCCCCC1)c1ccc(C#N)cc1. The molecule has 0 atom stereocenters. The molecule has 0 aliphatic heterocycles. The molecule has 0 spiro atoms. The summed E-state index contributed by atoms with van der Waals surface area (Å²) in [7, 11) is -3.59. The van der Waals surface area contributed by atoms with E-state index in [0.29, 0.717) is 11.3 Å². The molecule has 0 bridgehead atoms. The molecule has 1 amide bonds. The van der Waals surface area contributed by atoms with Crippen molar-refractivity contribution in [1.82, 2.24) is 5.32 Å². The molecule has 0 saturated heterocycles. The van der Waals surface area contributed by atoms with E-state index in [1.165, 1.54) is 25.0 Å². The van der Waals surface area contributed by atoms with Crippen LogP contribution in [0.25, 0.3) is 0 Å². The lowest BCUT2D eigenvalue weighted by molar-refractivity contribution is -0.120. The van der Waals surface area contributed by atoms with Crippen molar-refractivity contribution in [3.8, 4) is 6.07 Å². The van der Waals surface area contributed by atoms with E-state index < -0.39 is 10.0 Å². The summed E-state index contributed by atoms with van der Waals surface area (Å²) in [6.07, 6.45) is 7.53. The molecule has 24 heavy (non-hydrogen) atoms. The van der Waals surface area contributed by atoms with E-state index in [1.807, 2.05) is 6.07 Å². The molecule has 0 unspecified atom stereocenters. The smallest absolute Gasteiger partial charge is 0.240 e. The first kappa shape index (κ1) is 18.3. The fourth-order valence-corrected chi connectivity index (χ4v) is 3.79. The predicted octanol–water partition coefficient (Wildman–Crippen LogP) is 2.16. The Labute approximate surface area is 143 Å². The topological polar surface area (TPSA) is 90.3 Å². The second-order valence-corrected chi connectivity index (χ2v) is 8.09. The minimum atomic E-state index is -3.59. The summed E-state index contributed by atoms with van der Waals surface area (Å²) in [6, 6.07) is 8.27. The normalized spacial score (nSPS) is 16.0. The molecule has 1 saturated carbocycles. The van der Waals surface area contributed by atoms with Crippen molar-refractivity contribution in [3.63, 3.8) is 0 Å². The van der Waals surface area contributed by atoms with E-state index in [1.54, 1.807) is 12.1 Å². The van der Waals surface area contributed by atoms with Gasteiger partial charge in [-0.25, -0.2) is 8.42 Å². The van der Waals surface area contributed by atoms with Gasteiger partial charge in [0.25, 0.3) is 0 Å². The number of carbonyl (C=O) groups excluding carboxylic acids is 1. The van der Waals surface area contributed by atoms with Crippen LogP contribution in [-0.4, -0.2) is 33.2 Å². The van der Waals surface area contributed by atoms with Crippen LogP contribution < -0.4 is 9.62 Å². The largest absolute Gasteiger partial charge is 0.352 e. The van der Waals surface area contributed by atoms with Gasteiger partial charge in [-0.05, 0) is 37.1 Å². The Morgan fingerprint density at radius 3 is 2.29 bits per heavy atom. The van der Waals surface area contributed by atoms with Crippen LogP contribution >= 0.6 is 0 Å². The Kier molecular flexibility index (Phi) is 6.21. The van der Waals surface area contributed by atoms with Crippen LogP contribution in [0, 0.1) is 11.3 Å². The van der Waals surface area contributed by atoms with Gasteiger partial charge in [0.2, 0.25) is 15.9 Å². The summed E-state index contributed by atoms with van der Waals surface area (Å²) >= 11 is 0. The third-order valence-corrected chi connectivity index (χ3v) is 5.33. The Morgan fingerprint density at radius 1 is 1.21 bits per heavy atom. The van der Waals surface area contributed by atoms with E-state index in [-0.39, 0.29) is 18.5 Å². The highest BCUT2D eigenvalue weighted by atomic mass is 32.2. The third-order valence-electron chi connectivity index (χ3n) is 4.19. The minimum absolute atomic E-state index is 0.127. The van der Waals surface area contributed by atoms with Crippen molar-refractivity contribution in [2.45, 2.75) is 44.6 Å². The maximum atomic E-state index is 12.3. The number of rotatable bonds is 5. The summed E-state index contributed by atoms with van der Waals surface area (Å²) in [5.74, 6) is -0.295. The lowest BCUT2D eigenvalue weighted by Crippen LogP contribution is -2.44. The lowest BCUT2D eigenvalue weighted by atomic mass is 10.1. The Balaban J connectivity index is 2.08. The van der Waals surface area contributed by atoms with Crippen LogP contribution in [0.3, 0.4) is 0 Å². The highest BCUT2D eigenvalue weighted by Gasteiger charge is 2.22. The zero-order valence-corrected chi connectivity index (χ0v) is 14.7. The molecule has 0 radical (unpaired) electrons. The average Bonchev–Trinajstić information content (AvgIpc) is 2.80. The number of sulfonamides is 1. The van der Waals surface area contributed by atoms with Gasteiger partial charge in [0.15, 0.2) is 0 Å². The van der Waals surface area contributed by atoms with Gasteiger partial charge < -0.3 is 5.32 Å². The number of benzene rings is 1. The Hall–Kier alpha value is -2.07. The fraction of sp³-hybridized carbons (Fsp3) is 0.529. The second kappa shape index (κ2) is 8.15. The molecule has 0 heterocycles. The number of hydrogen-bond donors (Lipinski definition) is 1.